The van der Waals surface area contributed by atoms with Gasteiger partial charge in [-0.1, -0.05) is 18.2 Å². The maximum atomic E-state index is 11.9. The maximum Gasteiger partial charge on any atom is 0.226 e. The first-order valence-corrected chi connectivity index (χ1v) is 6.42. The fourth-order valence-electron chi connectivity index (χ4n) is 2.15. The number of hydrogen-bond donors (Lipinski definition) is 1. The molecule has 1 aliphatic heterocycles. The van der Waals surface area contributed by atoms with Crippen LogP contribution in [0.4, 0.5) is 0 Å². The van der Waals surface area contributed by atoms with Gasteiger partial charge < -0.3 is 15.0 Å². The molecule has 1 heterocycles. The molecule has 0 saturated carbocycles. The van der Waals surface area contributed by atoms with E-state index in [0.717, 1.165) is 25.3 Å². The van der Waals surface area contributed by atoms with Crippen LogP contribution in [-0.4, -0.2) is 43.6 Å². The largest absolute Gasteiger partial charge is 0.493 e. The van der Waals surface area contributed by atoms with Crippen LogP contribution in [0, 0.1) is 0 Å². The van der Waals surface area contributed by atoms with Crippen LogP contribution in [0.2, 0.25) is 0 Å². The summed E-state index contributed by atoms with van der Waals surface area (Å²) in [6.07, 6.45) is 1.49. The highest BCUT2D eigenvalue weighted by Gasteiger charge is 2.24. The van der Waals surface area contributed by atoms with Crippen molar-refractivity contribution < 1.29 is 9.53 Å². The molecule has 1 aliphatic rings. The van der Waals surface area contributed by atoms with Gasteiger partial charge in [0, 0.05) is 19.1 Å². The van der Waals surface area contributed by atoms with Gasteiger partial charge in [-0.25, -0.2) is 0 Å². The van der Waals surface area contributed by atoms with Crippen molar-refractivity contribution in [3.8, 4) is 5.75 Å². The van der Waals surface area contributed by atoms with Crippen LogP contribution in [0.15, 0.2) is 30.3 Å². The Morgan fingerprint density at radius 2 is 2.22 bits per heavy atom. The molecule has 1 aromatic rings. The van der Waals surface area contributed by atoms with Gasteiger partial charge in [-0.15, -0.1) is 0 Å². The molecule has 1 fully saturated rings. The number of rotatable bonds is 5. The summed E-state index contributed by atoms with van der Waals surface area (Å²) in [4.78, 5) is 13.8. The van der Waals surface area contributed by atoms with E-state index in [1.165, 1.54) is 0 Å². The van der Waals surface area contributed by atoms with Crippen LogP contribution in [0.25, 0.3) is 0 Å². The van der Waals surface area contributed by atoms with Gasteiger partial charge in [-0.2, -0.15) is 0 Å². The lowest BCUT2D eigenvalue weighted by Crippen LogP contribution is -2.34. The molecule has 18 heavy (non-hydrogen) atoms. The van der Waals surface area contributed by atoms with Gasteiger partial charge in [0.15, 0.2) is 0 Å². The molecule has 1 aromatic carbocycles. The van der Waals surface area contributed by atoms with Gasteiger partial charge in [0.05, 0.1) is 13.0 Å². The fourth-order valence-corrected chi connectivity index (χ4v) is 2.15. The van der Waals surface area contributed by atoms with Crippen molar-refractivity contribution in [3.63, 3.8) is 0 Å². The lowest BCUT2D eigenvalue weighted by atomic mass is 10.3. The lowest BCUT2D eigenvalue weighted by molar-refractivity contribution is -0.130. The van der Waals surface area contributed by atoms with Gasteiger partial charge >= 0.3 is 0 Å². The van der Waals surface area contributed by atoms with Crippen LogP contribution in [0.5, 0.6) is 5.75 Å². The average molecular weight is 248 g/mol. The Morgan fingerprint density at radius 1 is 1.44 bits per heavy atom. The molecule has 0 spiro atoms. The summed E-state index contributed by atoms with van der Waals surface area (Å²) in [5.74, 6) is 1.00. The summed E-state index contributed by atoms with van der Waals surface area (Å²) < 4.78 is 5.53. The number of carbonyl (C=O) groups excluding carboxylic acids is 1. The molecule has 1 amide bonds. The van der Waals surface area contributed by atoms with Crippen molar-refractivity contribution in [2.45, 2.75) is 18.9 Å². The predicted octanol–water partition coefficient (Wildman–Crippen LogP) is 1.28. The van der Waals surface area contributed by atoms with E-state index >= 15 is 0 Å². The summed E-state index contributed by atoms with van der Waals surface area (Å²) >= 11 is 0. The van der Waals surface area contributed by atoms with E-state index in [4.69, 9.17) is 4.74 Å². The van der Waals surface area contributed by atoms with Crippen molar-refractivity contribution >= 4 is 5.91 Å². The third-order valence-electron chi connectivity index (χ3n) is 3.28. The fraction of sp³-hybridized carbons (Fsp3) is 0.500. The van der Waals surface area contributed by atoms with E-state index in [-0.39, 0.29) is 5.91 Å². The molecular formula is C14H20N2O2. The topological polar surface area (TPSA) is 41.6 Å². The van der Waals surface area contributed by atoms with Crippen molar-refractivity contribution in [3.05, 3.63) is 30.3 Å². The summed E-state index contributed by atoms with van der Waals surface area (Å²) in [7, 11) is 1.94. The van der Waals surface area contributed by atoms with Crippen LogP contribution < -0.4 is 10.1 Å². The third-order valence-corrected chi connectivity index (χ3v) is 3.28. The molecule has 2 rings (SSSR count). The number of carbonyl (C=O) groups is 1. The Kier molecular flexibility index (Phi) is 4.59. The number of likely N-dealkylation sites (N-methyl/N-ethyl adjacent to an activating group) is 1. The molecule has 1 unspecified atom stereocenters. The molecule has 98 valence electrons. The number of para-hydroxylation sites is 1. The Bertz CT molecular complexity index is 381. The van der Waals surface area contributed by atoms with Crippen LogP contribution in [0.1, 0.15) is 12.8 Å². The second-order valence-electron chi connectivity index (χ2n) is 4.53. The number of likely N-dealkylation sites (tertiary alicyclic amines) is 1. The summed E-state index contributed by atoms with van der Waals surface area (Å²) in [5.41, 5.74) is 0. The second kappa shape index (κ2) is 6.40. The Hall–Kier alpha value is -1.55. The first-order chi connectivity index (χ1) is 8.79. The highest BCUT2D eigenvalue weighted by atomic mass is 16.5. The van der Waals surface area contributed by atoms with Gasteiger partial charge in [-0.3, -0.25) is 4.79 Å². The minimum atomic E-state index is 0.184. The van der Waals surface area contributed by atoms with Gasteiger partial charge in [0.1, 0.15) is 5.75 Å². The van der Waals surface area contributed by atoms with E-state index in [0.29, 0.717) is 19.1 Å². The maximum absolute atomic E-state index is 11.9. The minimum absolute atomic E-state index is 0.184. The van der Waals surface area contributed by atoms with Gasteiger partial charge in [0.25, 0.3) is 0 Å². The standard InChI is InChI=1S/C14H20N2O2/c1-15-12-7-9-16(11-12)14(17)8-10-18-13-5-3-2-4-6-13/h2-6,12,15H,7-11H2,1H3. The predicted molar refractivity (Wildman–Crippen MR) is 70.6 cm³/mol. The van der Waals surface area contributed by atoms with Gasteiger partial charge in [0.2, 0.25) is 5.91 Å². The monoisotopic (exact) mass is 248 g/mol. The van der Waals surface area contributed by atoms with E-state index in [2.05, 4.69) is 5.32 Å². The highest BCUT2D eigenvalue weighted by Crippen LogP contribution is 2.12. The third kappa shape index (κ3) is 3.47. The first kappa shape index (κ1) is 12.9. The van der Waals surface area contributed by atoms with Crippen molar-refractivity contribution in [1.82, 2.24) is 10.2 Å². The SMILES string of the molecule is CNC1CCN(C(=O)CCOc2ccccc2)C1. The zero-order valence-electron chi connectivity index (χ0n) is 10.8. The Morgan fingerprint density at radius 3 is 2.89 bits per heavy atom. The van der Waals surface area contributed by atoms with Crippen LogP contribution >= 0.6 is 0 Å². The molecule has 0 aromatic heterocycles. The molecular weight excluding hydrogens is 228 g/mol. The first-order valence-electron chi connectivity index (χ1n) is 6.42. The smallest absolute Gasteiger partial charge is 0.226 e. The quantitative estimate of drug-likeness (QED) is 0.853. The van der Waals surface area contributed by atoms with E-state index in [1.54, 1.807) is 0 Å². The molecule has 0 radical (unpaired) electrons. The molecule has 0 aliphatic carbocycles. The van der Waals surface area contributed by atoms with Crippen molar-refractivity contribution in [2.75, 3.05) is 26.7 Å². The van der Waals surface area contributed by atoms with Crippen LogP contribution in [-0.2, 0) is 4.79 Å². The summed E-state index contributed by atoms with van der Waals surface area (Å²) in [6.45, 7) is 2.12. The minimum Gasteiger partial charge on any atom is -0.493 e. The second-order valence-corrected chi connectivity index (χ2v) is 4.53. The number of amides is 1. The molecule has 0 bridgehead atoms. The zero-order chi connectivity index (χ0) is 12.8. The average Bonchev–Trinajstić information content (AvgIpc) is 2.89. The lowest BCUT2D eigenvalue weighted by Gasteiger charge is -2.16. The molecule has 4 nitrogen and oxygen atoms in total. The van der Waals surface area contributed by atoms with E-state index in [1.807, 2.05) is 42.3 Å². The highest BCUT2D eigenvalue weighted by molar-refractivity contribution is 5.76. The summed E-state index contributed by atoms with van der Waals surface area (Å²) in [5, 5.41) is 3.21. The van der Waals surface area contributed by atoms with Crippen molar-refractivity contribution in [2.24, 2.45) is 0 Å². The Labute approximate surface area is 108 Å². The normalized spacial score (nSPS) is 18.9. The Balaban J connectivity index is 1.69. The molecule has 4 heteroatoms. The van der Waals surface area contributed by atoms with Gasteiger partial charge in [-0.05, 0) is 25.6 Å². The number of benzene rings is 1. The molecule has 1 atom stereocenters. The van der Waals surface area contributed by atoms with E-state index in [9.17, 15) is 4.79 Å². The van der Waals surface area contributed by atoms with Crippen LogP contribution in [0.3, 0.4) is 0 Å². The zero-order valence-corrected chi connectivity index (χ0v) is 10.8. The summed E-state index contributed by atoms with van der Waals surface area (Å²) in [6, 6.07) is 10.0. The number of hydrogen-bond acceptors (Lipinski definition) is 3. The number of nitrogens with zero attached hydrogens (tertiary/aromatic N) is 1. The van der Waals surface area contributed by atoms with E-state index < -0.39 is 0 Å². The van der Waals surface area contributed by atoms with Crippen molar-refractivity contribution in [1.29, 1.82) is 0 Å². The molecule has 1 N–H and O–H groups in total. The number of nitrogens with one attached hydrogen (secondary N) is 1. The number of ether oxygens (including phenoxy) is 1. The molecule has 1 saturated heterocycles.